The van der Waals surface area contributed by atoms with Gasteiger partial charge in [0.1, 0.15) is 5.78 Å². The molecule has 2 atom stereocenters. The van der Waals surface area contributed by atoms with E-state index in [0.29, 0.717) is 5.78 Å². The monoisotopic (exact) mass is 251 g/mol. The van der Waals surface area contributed by atoms with Crippen molar-refractivity contribution in [2.24, 2.45) is 11.8 Å². The molecule has 102 valence electrons. The van der Waals surface area contributed by atoms with E-state index in [4.69, 9.17) is 4.74 Å². The van der Waals surface area contributed by atoms with Crippen LogP contribution in [0, 0.1) is 11.8 Å². The number of Topliss-reactive ketones (excluding diaryl/α,β-unsaturated/α-hetero) is 1. The first-order valence-corrected chi connectivity index (χ1v) is 7.68. The zero-order valence-corrected chi connectivity index (χ0v) is 11.2. The quantitative estimate of drug-likeness (QED) is 0.818. The smallest absolute Gasteiger partial charge is 0.140 e. The van der Waals surface area contributed by atoms with E-state index in [-0.39, 0.29) is 17.4 Å². The average Bonchev–Trinajstić information content (AvgIpc) is 2.93. The third-order valence-electron chi connectivity index (χ3n) is 5.12. The maximum absolute atomic E-state index is 12.5. The molecule has 2 heterocycles. The molecule has 2 aliphatic heterocycles. The molecule has 0 aromatic carbocycles. The summed E-state index contributed by atoms with van der Waals surface area (Å²) in [7, 11) is 0. The van der Waals surface area contributed by atoms with Gasteiger partial charge in [0, 0.05) is 25.0 Å². The normalized spacial score (nSPS) is 35.8. The molecule has 0 aromatic rings. The SMILES string of the molecule is O=C(C1CCNC1)C1CCOC2(CCCCC2)C1. The van der Waals surface area contributed by atoms with Gasteiger partial charge in [0.2, 0.25) is 0 Å². The van der Waals surface area contributed by atoms with E-state index in [0.717, 1.165) is 39.0 Å². The van der Waals surface area contributed by atoms with Crippen molar-refractivity contribution < 1.29 is 9.53 Å². The van der Waals surface area contributed by atoms with Gasteiger partial charge in [0.05, 0.1) is 5.60 Å². The van der Waals surface area contributed by atoms with Crippen LogP contribution in [0.2, 0.25) is 0 Å². The lowest BCUT2D eigenvalue weighted by Gasteiger charge is -2.43. The second-order valence-electron chi connectivity index (χ2n) is 6.37. The number of carbonyl (C=O) groups excluding carboxylic acids is 1. The van der Waals surface area contributed by atoms with Crippen molar-refractivity contribution in [3.05, 3.63) is 0 Å². The zero-order valence-electron chi connectivity index (χ0n) is 11.2. The highest BCUT2D eigenvalue weighted by molar-refractivity contribution is 5.84. The minimum Gasteiger partial charge on any atom is -0.375 e. The number of rotatable bonds is 2. The van der Waals surface area contributed by atoms with Crippen LogP contribution < -0.4 is 5.32 Å². The lowest BCUT2D eigenvalue weighted by Crippen LogP contribution is -2.44. The molecule has 3 heteroatoms. The predicted molar refractivity (Wildman–Crippen MR) is 70.5 cm³/mol. The summed E-state index contributed by atoms with van der Waals surface area (Å²) in [5.74, 6) is 1.09. The fourth-order valence-electron chi connectivity index (χ4n) is 4.05. The van der Waals surface area contributed by atoms with Crippen molar-refractivity contribution in [1.29, 1.82) is 0 Å². The van der Waals surface area contributed by atoms with Crippen molar-refractivity contribution >= 4 is 5.78 Å². The molecule has 0 radical (unpaired) electrons. The van der Waals surface area contributed by atoms with E-state index >= 15 is 0 Å². The van der Waals surface area contributed by atoms with Gasteiger partial charge in [-0.3, -0.25) is 4.79 Å². The number of hydrogen-bond donors (Lipinski definition) is 1. The van der Waals surface area contributed by atoms with E-state index in [2.05, 4.69) is 5.32 Å². The Morgan fingerprint density at radius 1 is 1.11 bits per heavy atom. The van der Waals surface area contributed by atoms with Crippen LogP contribution in [0.3, 0.4) is 0 Å². The molecule has 0 aromatic heterocycles. The first-order valence-electron chi connectivity index (χ1n) is 7.68. The summed E-state index contributed by atoms with van der Waals surface area (Å²) >= 11 is 0. The molecule has 2 unspecified atom stereocenters. The van der Waals surface area contributed by atoms with Crippen LogP contribution >= 0.6 is 0 Å². The topological polar surface area (TPSA) is 38.3 Å². The van der Waals surface area contributed by atoms with Crippen LogP contribution in [0.25, 0.3) is 0 Å². The molecule has 3 nitrogen and oxygen atoms in total. The zero-order chi connectivity index (χ0) is 12.4. The fraction of sp³-hybridized carbons (Fsp3) is 0.933. The molecular formula is C15H25NO2. The third kappa shape index (κ3) is 2.48. The molecule has 1 aliphatic carbocycles. The summed E-state index contributed by atoms with van der Waals surface area (Å²) in [5.41, 5.74) is 0.0723. The minimum atomic E-state index is 0.0723. The number of nitrogens with one attached hydrogen (secondary N) is 1. The van der Waals surface area contributed by atoms with Crippen molar-refractivity contribution in [2.75, 3.05) is 19.7 Å². The van der Waals surface area contributed by atoms with Gasteiger partial charge in [-0.15, -0.1) is 0 Å². The molecule has 1 saturated carbocycles. The molecule has 0 amide bonds. The second kappa shape index (κ2) is 5.30. The van der Waals surface area contributed by atoms with E-state index in [1.807, 2.05) is 0 Å². The fourth-order valence-corrected chi connectivity index (χ4v) is 4.05. The number of ketones is 1. The molecule has 1 spiro atoms. The summed E-state index contributed by atoms with van der Waals surface area (Å²) in [6, 6.07) is 0. The maximum atomic E-state index is 12.5. The predicted octanol–water partition coefficient (Wildman–Crippen LogP) is 2.29. The summed E-state index contributed by atoms with van der Waals surface area (Å²) in [5, 5.41) is 3.31. The summed E-state index contributed by atoms with van der Waals surface area (Å²) < 4.78 is 6.08. The van der Waals surface area contributed by atoms with Crippen LogP contribution in [-0.2, 0) is 9.53 Å². The van der Waals surface area contributed by atoms with Crippen LogP contribution in [0.15, 0.2) is 0 Å². The van der Waals surface area contributed by atoms with Crippen LogP contribution in [0.1, 0.15) is 51.4 Å². The van der Waals surface area contributed by atoms with E-state index in [1.165, 1.54) is 32.1 Å². The molecule has 3 fully saturated rings. The largest absolute Gasteiger partial charge is 0.375 e. The standard InChI is InChI=1S/C15H25NO2/c17-14(13-4-8-16-11-13)12-5-9-18-15(10-12)6-2-1-3-7-15/h12-13,16H,1-11H2. The van der Waals surface area contributed by atoms with Gasteiger partial charge in [-0.1, -0.05) is 19.3 Å². The highest BCUT2D eigenvalue weighted by Gasteiger charge is 2.42. The molecule has 18 heavy (non-hydrogen) atoms. The van der Waals surface area contributed by atoms with Gasteiger partial charge in [-0.05, 0) is 38.6 Å². The Hall–Kier alpha value is -0.410. The van der Waals surface area contributed by atoms with E-state index < -0.39 is 0 Å². The van der Waals surface area contributed by atoms with Gasteiger partial charge < -0.3 is 10.1 Å². The highest BCUT2D eigenvalue weighted by Crippen LogP contribution is 2.41. The highest BCUT2D eigenvalue weighted by atomic mass is 16.5. The molecule has 0 bridgehead atoms. The molecular weight excluding hydrogens is 226 g/mol. The molecule has 2 saturated heterocycles. The lowest BCUT2D eigenvalue weighted by atomic mass is 9.73. The van der Waals surface area contributed by atoms with Gasteiger partial charge in [0.25, 0.3) is 0 Å². The Bertz CT molecular complexity index is 298. The van der Waals surface area contributed by atoms with Crippen LogP contribution in [-0.4, -0.2) is 31.1 Å². The van der Waals surface area contributed by atoms with Crippen LogP contribution in [0.4, 0.5) is 0 Å². The Morgan fingerprint density at radius 2 is 1.94 bits per heavy atom. The number of ether oxygens (including phenoxy) is 1. The lowest BCUT2D eigenvalue weighted by molar-refractivity contribution is -0.145. The first kappa shape index (κ1) is 12.6. The van der Waals surface area contributed by atoms with Crippen molar-refractivity contribution in [1.82, 2.24) is 5.32 Å². The first-order chi connectivity index (χ1) is 8.79. The summed E-state index contributed by atoms with van der Waals surface area (Å²) in [6.45, 7) is 2.73. The minimum absolute atomic E-state index is 0.0723. The Balaban J connectivity index is 1.64. The second-order valence-corrected chi connectivity index (χ2v) is 6.37. The Labute approximate surface area is 110 Å². The van der Waals surface area contributed by atoms with Gasteiger partial charge >= 0.3 is 0 Å². The number of hydrogen-bond acceptors (Lipinski definition) is 3. The average molecular weight is 251 g/mol. The summed E-state index contributed by atoms with van der Waals surface area (Å²) in [4.78, 5) is 12.5. The van der Waals surface area contributed by atoms with E-state index in [9.17, 15) is 4.79 Å². The van der Waals surface area contributed by atoms with Gasteiger partial charge in [-0.2, -0.15) is 0 Å². The molecule has 3 aliphatic rings. The maximum Gasteiger partial charge on any atom is 0.140 e. The van der Waals surface area contributed by atoms with E-state index in [1.54, 1.807) is 0 Å². The molecule has 3 rings (SSSR count). The Morgan fingerprint density at radius 3 is 2.67 bits per heavy atom. The molecule has 1 N–H and O–H groups in total. The van der Waals surface area contributed by atoms with Crippen molar-refractivity contribution in [2.45, 2.75) is 57.0 Å². The van der Waals surface area contributed by atoms with Crippen molar-refractivity contribution in [3.63, 3.8) is 0 Å². The summed E-state index contributed by atoms with van der Waals surface area (Å²) in [6.07, 6.45) is 9.27. The third-order valence-corrected chi connectivity index (χ3v) is 5.12. The van der Waals surface area contributed by atoms with Gasteiger partial charge in [-0.25, -0.2) is 0 Å². The number of carbonyl (C=O) groups is 1. The van der Waals surface area contributed by atoms with Gasteiger partial charge in [0.15, 0.2) is 0 Å². The Kier molecular flexibility index (Phi) is 3.71. The van der Waals surface area contributed by atoms with Crippen LogP contribution in [0.5, 0.6) is 0 Å². The van der Waals surface area contributed by atoms with Crippen molar-refractivity contribution in [3.8, 4) is 0 Å².